The van der Waals surface area contributed by atoms with Crippen LogP contribution in [0.15, 0.2) is 66.7 Å². The Balaban J connectivity index is 1.33. The monoisotopic (exact) mass is 522 g/mol. The van der Waals surface area contributed by atoms with Gasteiger partial charge in [0.05, 0.1) is 5.52 Å². The number of carbonyl (C=O) groups excluding carboxylic acids is 2. The molecule has 0 bridgehead atoms. The van der Waals surface area contributed by atoms with E-state index in [4.69, 9.17) is 10.5 Å². The van der Waals surface area contributed by atoms with Crippen LogP contribution in [-0.2, 0) is 24.4 Å². The largest absolute Gasteiger partial charge is 0.430 e. The minimum atomic E-state index is -0.424. The molecule has 0 aliphatic carbocycles. The highest BCUT2D eigenvalue weighted by Crippen LogP contribution is 2.32. The van der Waals surface area contributed by atoms with E-state index in [0.717, 1.165) is 47.2 Å². The first-order valence-electron chi connectivity index (χ1n) is 13.1. The van der Waals surface area contributed by atoms with Crippen molar-refractivity contribution >= 4 is 28.9 Å². The van der Waals surface area contributed by atoms with Gasteiger partial charge in [-0.15, -0.1) is 0 Å². The zero-order valence-electron chi connectivity index (χ0n) is 21.8. The highest BCUT2D eigenvalue weighted by atomic mass is 16.6. The summed E-state index contributed by atoms with van der Waals surface area (Å²) in [5.41, 5.74) is 12.3. The van der Waals surface area contributed by atoms with Gasteiger partial charge in [-0.2, -0.15) is 0 Å². The molecule has 0 saturated carbocycles. The van der Waals surface area contributed by atoms with Crippen LogP contribution < -0.4 is 11.1 Å². The second-order valence-corrected chi connectivity index (χ2v) is 9.97. The number of amides is 2. The summed E-state index contributed by atoms with van der Waals surface area (Å²) in [6, 6.07) is 22.1. The lowest BCUT2D eigenvalue weighted by Gasteiger charge is -2.25. The Morgan fingerprint density at radius 1 is 1.03 bits per heavy atom. The van der Waals surface area contributed by atoms with Crippen LogP contribution in [0.4, 0.5) is 10.7 Å². The normalized spacial score (nSPS) is 16.8. The number of rotatable bonds is 5. The van der Waals surface area contributed by atoms with Crippen molar-refractivity contribution in [1.82, 2.24) is 25.1 Å². The summed E-state index contributed by atoms with van der Waals surface area (Å²) >= 11 is 0. The molecule has 0 radical (unpaired) electrons. The minimum absolute atomic E-state index is 0.0758. The molecular formula is C30H30N6O3. The van der Waals surface area contributed by atoms with Gasteiger partial charge in [0.2, 0.25) is 5.95 Å². The van der Waals surface area contributed by atoms with Gasteiger partial charge < -0.3 is 20.7 Å². The van der Waals surface area contributed by atoms with Crippen molar-refractivity contribution in [3.05, 3.63) is 89.1 Å². The number of nitrogens with one attached hydrogen (secondary N) is 1. The van der Waals surface area contributed by atoms with E-state index in [1.807, 2.05) is 42.5 Å². The molecule has 2 amide bonds. The molecule has 6 rings (SSSR count). The van der Waals surface area contributed by atoms with E-state index in [9.17, 15) is 9.59 Å². The maximum atomic E-state index is 13.7. The summed E-state index contributed by atoms with van der Waals surface area (Å²) in [6.45, 7) is 2.56. The molecular weight excluding hydrogens is 492 g/mol. The highest BCUT2D eigenvalue weighted by molar-refractivity contribution is 6.06. The lowest BCUT2D eigenvalue weighted by atomic mass is 9.97. The second-order valence-electron chi connectivity index (χ2n) is 9.97. The molecule has 39 heavy (non-hydrogen) atoms. The Kier molecular flexibility index (Phi) is 6.58. The number of nitrogen functional groups attached to an aromatic ring is 1. The van der Waals surface area contributed by atoms with E-state index in [-0.39, 0.29) is 18.1 Å². The Bertz CT molecular complexity index is 1550. The topological polar surface area (TPSA) is 114 Å². The standard InChI is InChI=1S/C30H30N6O3/c1-32-30(38)39-26-11-6-14-35(26)18-22-9-4-5-10-23(22)19-12-13-25-24(15-19)27(34-29(31)33-25)28(37)36-16-20-7-2-3-8-21(20)17-36/h2-5,7-10,12-13,15,26H,6,11,14,16-18H2,1H3,(H,32,38)(H2,31,33,34). The number of carbonyl (C=O) groups is 2. The maximum Gasteiger partial charge on any atom is 0.408 e. The van der Waals surface area contributed by atoms with Gasteiger partial charge in [0.25, 0.3) is 5.91 Å². The summed E-state index contributed by atoms with van der Waals surface area (Å²) in [6.07, 6.45) is 1.08. The van der Waals surface area contributed by atoms with Crippen LogP contribution in [0.25, 0.3) is 22.0 Å². The van der Waals surface area contributed by atoms with Crippen molar-refractivity contribution in [3.63, 3.8) is 0 Å². The van der Waals surface area contributed by atoms with Crippen molar-refractivity contribution in [3.8, 4) is 11.1 Å². The lowest BCUT2D eigenvalue weighted by Crippen LogP contribution is -2.35. The first kappa shape index (κ1) is 24.8. The molecule has 0 spiro atoms. The number of alkyl carbamates (subject to hydrolysis) is 1. The van der Waals surface area contributed by atoms with Gasteiger partial charge in [0.15, 0.2) is 6.23 Å². The number of anilines is 1. The molecule has 3 N–H and O–H groups in total. The van der Waals surface area contributed by atoms with Crippen LogP contribution in [0.5, 0.6) is 0 Å². The van der Waals surface area contributed by atoms with Crippen LogP contribution in [0.3, 0.4) is 0 Å². The fourth-order valence-electron chi connectivity index (χ4n) is 5.55. The Hall–Kier alpha value is -4.50. The SMILES string of the molecule is CNC(=O)OC1CCCN1Cc1ccccc1-c1ccc2nc(N)nc(C(=O)N3Cc4ccccc4C3)c2c1. The number of hydrogen-bond donors (Lipinski definition) is 2. The van der Waals surface area contributed by atoms with Crippen molar-refractivity contribution in [1.29, 1.82) is 0 Å². The summed E-state index contributed by atoms with van der Waals surface area (Å²) in [4.78, 5) is 38.3. The molecule has 1 unspecified atom stereocenters. The molecule has 1 fully saturated rings. The van der Waals surface area contributed by atoms with Crippen LogP contribution in [0.2, 0.25) is 0 Å². The Labute approximate surface area is 226 Å². The molecule has 3 aromatic carbocycles. The minimum Gasteiger partial charge on any atom is -0.430 e. The molecule has 1 saturated heterocycles. The number of likely N-dealkylation sites (tertiary alicyclic amines) is 1. The third kappa shape index (κ3) is 4.88. The summed E-state index contributed by atoms with van der Waals surface area (Å²) in [7, 11) is 1.57. The average Bonchev–Trinajstić information content (AvgIpc) is 3.59. The highest BCUT2D eigenvalue weighted by Gasteiger charge is 2.29. The number of nitrogens with two attached hydrogens (primary N) is 1. The van der Waals surface area contributed by atoms with Gasteiger partial charge >= 0.3 is 6.09 Å². The Morgan fingerprint density at radius 3 is 2.54 bits per heavy atom. The molecule has 2 aliphatic rings. The van der Waals surface area contributed by atoms with Crippen molar-refractivity contribution in [2.45, 2.75) is 38.7 Å². The predicted molar refractivity (Wildman–Crippen MR) is 148 cm³/mol. The molecule has 2 aliphatic heterocycles. The molecule has 9 heteroatoms. The Morgan fingerprint density at radius 2 is 1.77 bits per heavy atom. The zero-order chi connectivity index (χ0) is 26.9. The van der Waals surface area contributed by atoms with E-state index in [1.165, 1.54) is 0 Å². The molecule has 9 nitrogen and oxygen atoms in total. The molecule has 1 aromatic heterocycles. The van der Waals surface area contributed by atoms with Gasteiger partial charge in [-0.25, -0.2) is 14.8 Å². The van der Waals surface area contributed by atoms with Crippen LogP contribution in [0, 0.1) is 0 Å². The van der Waals surface area contributed by atoms with Gasteiger partial charge in [-0.1, -0.05) is 54.6 Å². The zero-order valence-corrected chi connectivity index (χ0v) is 21.8. The van der Waals surface area contributed by atoms with E-state index in [1.54, 1.807) is 11.9 Å². The molecule has 198 valence electrons. The fraction of sp³-hybridized carbons (Fsp3) is 0.267. The van der Waals surface area contributed by atoms with Crippen molar-refractivity contribution in [2.75, 3.05) is 19.3 Å². The lowest BCUT2D eigenvalue weighted by molar-refractivity contribution is 0.0101. The number of nitrogens with zero attached hydrogens (tertiary/aromatic N) is 4. The maximum absolute atomic E-state index is 13.7. The first-order chi connectivity index (χ1) is 19.0. The third-order valence-corrected chi connectivity index (χ3v) is 7.50. The number of fused-ring (bicyclic) bond motifs is 2. The van der Waals surface area contributed by atoms with E-state index in [0.29, 0.717) is 36.2 Å². The summed E-state index contributed by atoms with van der Waals surface area (Å²) < 4.78 is 5.58. The van der Waals surface area contributed by atoms with Crippen LogP contribution in [-0.4, -0.2) is 51.6 Å². The van der Waals surface area contributed by atoms with E-state index >= 15 is 0 Å². The predicted octanol–water partition coefficient (Wildman–Crippen LogP) is 4.31. The van der Waals surface area contributed by atoms with Crippen LogP contribution in [0.1, 0.15) is 40.0 Å². The van der Waals surface area contributed by atoms with Gasteiger partial charge in [0.1, 0.15) is 5.69 Å². The molecule has 1 atom stereocenters. The van der Waals surface area contributed by atoms with Gasteiger partial charge in [-0.05, 0) is 52.8 Å². The second kappa shape index (κ2) is 10.3. The smallest absolute Gasteiger partial charge is 0.408 e. The van der Waals surface area contributed by atoms with Gasteiger partial charge in [-0.3, -0.25) is 9.69 Å². The van der Waals surface area contributed by atoms with Gasteiger partial charge in [0, 0.05) is 38.6 Å². The third-order valence-electron chi connectivity index (χ3n) is 7.50. The first-order valence-corrected chi connectivity index (χ1v) is 13.1. The number of ether oxygens (including phenoxy) is 1. The molecule has 3 heterocycles. The number of hydrogen-bond acceptors (Lipinski definition) is 7. The number of aromatic nitrogens is 2. The van der Waals surface area contributed by atoms with Crippen LogP contribution >= 0.6 is 0 Å². The quantitative estimate of drug-likeness (QED) is 0.401. The summed E-state index contributed by atoms with van der Waals surface area (Å²) in [5, 5.41) is 3.20. The van der Waals surface area contributed by atoms with E-state index in [2.05, 4.69) is 44.5 Å². The van der Waals surface area contributed by atoms with E-state index < -0.39 is 6.09 Å². The van der Waals surface area contributed by atoms with Crippen molar-refractivity contribution in [2.24, 2.45) is 0 Å². The van der Waals surface area contributed by atoms with Crippen molar-refractivity contribution < 1.29 is 14.3 Å². The number of benzene rings is 3. The molecule has 4 aromatic rings. The fourth-order valence-corrected chi connectivity index (χ4v) is 5.55. The average molecular weight is 523 g/mol. The summed E-state index contributed by atoms with van der Waals surface area (Å²) in [5.74, 6) is -0.0890.